The van der Waals surface area contributed by atoms with Gasteiger partial charge in [-0.15, -0.1) is 0 Å². The summed E-state index contributed by atoms with van der Waals surface area (Å²) in [5, 5.41) is 12.0. The average molecular weight is 303 g/mol. The molecule has 1 aliphatic rings. The molecule has 1 aromatic carbocycles. The highest BCUT2D eigenvalue weighted by atomic mass is 32.2. The molecule has 0 bridgehead atoms. The Bertz CT molecular complexity index is 674. The van der Waals surface area contributed by atoms with Crippen LogP contribution in [0.15, 0.2) is 47.6 Å². The molecule has 0 atom stereocenters. The molecule has 108 valence electrons. The number of hydrogen-bond donors (Lipinski definition) is 0. The van der Waals surface area contributed by atoms with Gasteiger partial charge in [0.15, 0.2) is 23.5 Å². The van der Waals surface area contributed by atoms with E-state index in [1.807, 2.05) is 0 Å². The standard InChI is InChI=1S/C15H13NO4S/c17-12(10-21-15-3-1-2-6-16(15)18)11-4-5-13-14(9-11)20-8-7-19-13/h1-6,9H,7-8,10H2. The van der Waals surface area contributed by atoms with Crippen molar-refractivity contribution in [1.82, 2.24) is 0 Å². The van der Waals surface area contributed by atoms with Gasteiger partial charge in [0.1, 0.15) is 13.2 Å². The highest BCUT2D eigenvalue weighted by Crippen LogP contribution is 2.31. The Kier molecular flexibility index (Phi) is 3.96. The normalized spacial score (nSPS) is 13.0. The van der Waals surface area contributed by atoms with Crippen LogP contribution in [0.2, 0.25) is 0 Å². The van der Waals surface area contributed by atoms with Gasteiger partial charge >= 0.3 is 0 Å². The molecule has 0 amide bonds. The predicted molar refractivity (Wildman–Crippen MR) is 77.9 cm³/mol. The zero-order valence-corrected chi connectivity index (χ0v) is 12.0. The first-order chi connectivity index (χ1) is 10.2. The summed E-state index contributed by atoms with van der Waals surface area (Å²) < 4.78 is 11.6. The minimum atomic E-state index is -0.0548. The number of fused-ring (bicyclic) bond motifs is 1. The van der Waals surface area contributed by atoms with E-state index in [4.69, 9.17) is 9.47 Å². The van der Waals surface area contributed by atoms with E-state index in [0.29, 0.717) is 35.3 Å². The minimum Gasteiger partial charge on any atom is -0.618 e. The molecule has 1 aliphatic heterocycles. The molecule has 6 heteroatoms. The van der Waals surface area contributed by atoms with Crippen molar-refractivity contribution >= 4 is 17.5 Å². The third-order valence-electron chi connectivity index (χ3n) is 3.00. The van der Waals surface area contributed by atoms with E-state index in [9.17, 15) is 10.0 Å². The first kappa shape index (κ1) is 13.8. The van der Waals surface area contributed by atoms with Crippen molar-refractivity contribution in [3.05, 3.63) is 53.4 Å². The first-order valence-corrected chi connectivity index (χ1v) is 7.46. The molecule has 0 N–H and O–H groups in total. The van der Waals surface area contributed by atoms with Gasteiger partial charge < -0.3 is 14.7 Å². The molecular weight excluding hydrogens is 290 g/mol. The summed E-state index contributed by atoms with van der Waals surface area (Å²) in [4.78, 5) is 12.2. The highest BCUT2D eigenvalue weighted by molar-refractivity contribution is 7.99. The van der Waals surface area contributed by atoms with E-state index < -0.39 is 0 Å². The molecule has 0 fully saturated rings. The maximum Gasteiger partial charge on any atom is 0.251 e. The molecule has 0 aliphatic carbocycles. The van der Waals surface area contributed by atoms with Gasteiger partial charge in [-0.2, -0.15) is 4.73 Å². The van der Waals surface area contributed by atoms with Crippen LogP contribution < -0.4 is 14.2 Å². The monoisotopic (exact) mass is 303 g/mol. The van der Waals surface area contributed by atoms with Gasteiger partial charge in [0, 0.05) is 17.7 Å². The molecule has 0 spiro atoms. The lowest BCUT2D eigenvalue weighted by atomic mass is 10.1. The summed E-state index contributed by atoms with van der Waals surface area (Å²) in [6.45, 7) is 1.01. The van der Waals surface area contributed by atoms with Gasteiger partial charge in [-0.3, -0.25) is 4.79 Å². The molecule has 5 nitrogen and oxygen atoms in total. The molecule has 0 radical (unpaired) electrons. The SMILES string of the molecule is O=C(CSc1cccc[n+]1[O-])c1ccc2c(c1)OCCO2. The maximum atomic E-state index is 12.2. The van der Waals surface area contributed by atoms with Gasteiger partial charge in [-0.25, -0.2) is 0 Å². The second kappa shape index (κ2) is 6.05. The van der Waals surface area contributed by atoms with Gasteiger partial charge in [-0.1, -0.05) is 0 Å². The molecule has 2 heterocycles. The molecule has 1 aromatic heterocycles. The first-order valence-electron chi connectivity index (χ1n) is 6.48. The Labute approximate surface area is 126 Å². The Hall–Kier alpha value is -2.21. The van der Waals surface area contributed by atoms with Crippen LogP contribution >= 0.6 is 11.8 Å². The molecule has 2 aromatic rings. The van der Waals surface area contributed by atoms with Crippen molar-refractivity contribution in [3.63, 3.8) is 0 Å². The number of aromatic nitrogens is 1. The number of nitrogens with zero attached hydrogens (tertiary/aromatic N) is 1. The lowest BCUT2D eigenvalue weighted by molar-refractivity contribution is -0.645. The molecule has 0 saturated carbocycles. The quantitative estimate of drug-likeness (QED) is 0.374. The third kappa shape index (κ3) is 3.11. The van der Waals surface area contributed by atoms with Crippen molar-refractivity contribution in [1.29, 1.82) is 0 Å². The molecule has 0 saturated heterocycles. The lowest BCUT2D eigenvalue weighted by Crippen LogP contribution is -2.28. The zero-order chi connectivity index (χ0) is 14.7. The molecule has 0 unspecified atom stereocenters. The number of benzene rings is 1. The van der Waals surface area contributed by atoms with Crippen molar-refractivity contribution < 1.29 is 19.0 Å². The largest absolute Gasteiger partial charge is 0.618 e. The van der Waals surface area contributed by atoms with Crippen LogP contribution in [-0.4, -0.2) is 24.7 Å². The number of hydrogen-bond acceptors (Lipinski definition) is 5. The fourth-order valence-corrected chi connectivity index (χ4v) is 2.77. The van der Waals surface area contributed by atoms with E-state index in [1.165, 1.54) is 18.0 Å². The number of carbonyl (C=O) groups excluding carboxylic acids is 1. The van der Waals surface area contributed by atoms with Crippen LogP contribution in [-0.2, 0) is 0 Å². The van der Waals surface area contributed by atoms with E-state index in [0.717, 1.165) is 4.73 Å². The van der Waals surface area contributed by atoms with Crippen LogP contribution in [0, 0.1) is 5.21 Å². The molecule has 3 rings (SSSR count). The van der Waals surface area contributed by atoms with Crippen molar-refractivity contribution in [2.24, 2.45) is 0 Å². The lowest BCUT2D eigenvalue weighted by Gasteiger charge is -2.18. The van der Waals surface area contributed by atoms with Crippen LogP contribution in [0.3, 0.4) is 0 Å². The van der Waals surface area contributed by atoms with Gasteiger partial charge in [-0.05, 0) is 36.0 Å². The van der Waals surface area contributed by atoms with E-state index in [2.05, 4.69) is 0 Å². The molecule has 21 heavy (non-hydrogen) atoms. The van der Waals surface area contributed by atoms with Crippen molar-refractivity contribution in [2.75, 3.05) is 19.0 Å². The Balaban J connectivity index is 1.69. The van der Waals surface area contributed by atoms with Crippen molar-refractivity contribution in [2.45, 2.75) is 5.03 Å². The van der Waals surface area contributed by atoms with Crippen LogP contribution in [0.25, 0.3) is 0 Å². The summed E-state index contributed by atoms with van der Waals surface area (Å²) >= 11 is 1.22. The third-order valence-corrected chi connectivity index (χ3v) is 4.02. The number of carbonyl (C=O) groups is 1. The predicted octanol–water partition coefficient (Wildman–Crippen LogP) is 2.07. The van der Waals surface area contributed by atoms with Crippen molar-refractivity contribution in [3.8, 4) is 11.5 Å². The van der Waals surface area contributed by atoms with Gasteiger partial charge in [0.05, 0.1) is 5.75 Å². The second-order valence-corrected chi connectivity index (χ2v) is 5.43. The number of thioether (sulfide) groups is 1. The fourth-order valence-electron chi connectivity index (χ4n) is 1.96. The number of pyridine rings is 1. The van der Waals surface area contributed by atoms with Gasteiger partial charge in [0.2, 0.25) is 0 Å². The second-order valence-electron chi connectivity index (χ2n) is 4.43. The summed E-state index contributed by atoms with van der Waals surface area (Å²) in [6, 6.07) is 10.3. The summed E-state index contributed by atoms with van der Waals surface area (Å²) in [7, 11) is 0. The summed E-state index contributed by atoms with van der Waals surface area (Å²) in [5.74, 6) is 1.40. The van der Waals surface area contributed by atoms with Crippen LogP contribution in [0.4, 0.5) is 0 Å². The van der Waals surface area contributed by atoms with Crippen LogP contribution in [0.1, 0.15) is 10.4 Å². The maximum absolute atomic E-state index is 12.2. The van der Waals surface area contributed by atoms with Crippen LogP contribution in [0.5, 0.6) is 11.5 Å². The Morgan fingerprint density at radius 1 is 1.19 bits per heavy atom. The van der Waals surface area contributed by atoms with E-state index >= 15 is 0 Å². The Morgan fingerprint density at radius 2 is 2.00 bits per heavy atom. The highest BCUT2D eigenvalue weighted by Gasteiger charge is 2.16. The minimum absolute atomic E-state index is 0.0548. The molecular formula is C15H13NO4S. The van der Waals surface area contributed by atoms with Gasteiger partial charge in [0.25, 0.3) is 5.03 Å². The summed E-state index contributed by atoms with van der Waals surface area (Å²) in [6.07, 6.45) is 1.41. The average Bonchev–Trinajstić information content (AvgIpc) is 2.53. The number of Topliss-reactive ketones (excluding diaryl/α,β-unsaturated/α-hetero) is 1. The topological polar surface area (TPSA) is 62.5 Å². The number of ketones is 1. The smallest absolute Gasteiger partial charge is 0.251 e. The zero-order valence-electron chi connectivity index (χ0n) is 11.2. The Morgan fingerprint density at radius 3 is 2.81 bits per heavy atom. The fraction of sp³-hybridized carbons (Fsp3) is 0.200. The number of ether oxygens (including phenoxy) is 2. The van der Waals surface area contributed by atoms with E-state index in [-0.39, 0.29) is 11.5 Å². The summed E-state index contributed by atoms with van der Waals surface area (Å²) in [5.41, 5.74) is 0.556. The van der Waals surface area contributed by atoms with E-state index in [1.54, 1.807) is 36.4 Å². The number of rotatable bonds is 4.